The Morgan fingerprint density at radius 2 is 1.73 bits per heavy atom. The third-order valence-corrected chi connectivity index (χ3v) is 7.43. The molecule has 0 radical (unpaired) electrons. The Hall–Kier alpha value is -4.56. The van der Waals surface area contributed by atoms with Gasteiger partial charge in [0.25, 0.3) is 0 Å². The molecule has 1 fully saturated rings. The number of hydrogen-bond acceptors (Lipinski definition) is 6. The second-order valence-electron chi connectivity index (χ2n) is 11.5. The van der Waals surface area contributed by atoms with Crippen LogP contribution in [0.25, 0.3) is 28.1 Å². The standard InChI is InChI=1S/C33H33N3O5/c1-33(2,3)41-32(39)36-15-13-35(14-16-36)20-26-29(37)24(21-9-5-4-6-10-21)18-25-30(38)28(40-31(25)26)17-22-19-34-27-12-8-7-11-23(22)27/h4-12,17-19,34,37H,13-16,20H2,1-3H3. The molecular formula is C33H33N3O5. The third kappa shape index (κ3) is 5.30. The number of hydrogen-bond donors (Lipinski definition) is 2. The van der Waals surface area contributed by atoms with E-state index in [0.29, 0.717) is 55.2 Å². The number of carbonyl (C=O) groups is 2. The van der Waals surface area contributed by atoms with Crippen molar-refractivity contribution in [1.29, 1.82) is 0 Å². The SMILES string of the molecule is CC(C)(C)OC(=O)N1CCN(Cc2c(O)c(-c3ccccc3)cc3c2OC(=Cc2c[nH]c4ccccc24)C3=O)CC1. The number of allylic oxidation sites excluding steroid dienone is 1. The van der Waals surface area contributed by atoms with Crippen LogP contribution < -0.4 is 4.74 Å². The van der Waals surface area contributed by atoms with Crippen LogP contribution in [0.3, 0.4) is 0 Å². The highest BCUT2D eigenvalue weighted by Crippen LogP contribution is 2.46. The van der Waals surface area contributed by atoms with Crippen LogP contribution in [-0.4, -0.2) is 63.5 Å². The van der Waals surface area contributed by atoms with Gasteiger partial charge in [0.2, 0.25) is 5.78 Å². The van der Waals surface area contributed by atoms with Crippen molar-refractivity contribution in [3.05, 3.63) is 89.3 Å². The summed E-state index contributed by atoms with van der Waals surface area (Å²) < 4.78 is 11.8. The van der Waals surface area contributed by atoms with Crippen LogP contribution in [0.15, 0.2) is 72.6 Å². The molecule has 2 N–H and O–H groups in total. The molecule has 2 aliphatic rings. The largest absolute Gasteiger partial charge is 0.507 e. The zero-order valence-electron chi connectivity index (χ0n) is 23.4. The monoisotopic (exact) mass is 551 g/mol. The second-order valence-corrected chi connectivity index (χ2v) is 11.5. The van der Waals surface area contributed by atoms with Crippen molar-refractivity contribution in [3.8, 4) is 22.6 Å². The minimum atomic E-state index is -0.555. The molecule has 0 aliphatic carbocycles. The van der Waals surface area contributed by atoms with Crippen LogP contribution in [0.1, 0.15) is 42.3 Å². The summed E-state index contributed by atoms with van der Waals surface area (Å²) in [6.07, 6.45) is 3.28. The average Bonchev–Trinajstić information content (AvgIpc) is 3.50. The number of nitrogens with one attached hydrogen (secondary N) is 1. The van der Waals surface area contributed by atoms with Crippen LogP contribution in [0.4, 0.5) is 4.79 Å². The van der Waals surface area contributed by atoms with Gasteiger partial charge in [-0.15, -0.1) is 0 Å². The number of piperazine rings is 1. The lowest BCUT2D eigenvalue weighted by Gasteiger charge is -2.35. The van der Waals surface area contributed by atoms with E-state index < -0.39 is 5.60 Å². The Kier molecular flexibility index (Phi) is 6.79. The van der Waals surface area contributed by atoms with Crippen molar-refractivity contribution >= 4 is 28.9 Å². The molecule has 8 heteroatoms. The molecule has 4 aromatic rings. The summed E-state index contributed by atoms with van der Waals surface area (Å²) in [4.78, 5) is 33.3. The average molecular weight is 552 g/mol. The zero-order chi connectivity index (χ0) is 28.7. The fraction of sp³-hybridized carbons (Fsp3) is 0.273. The molecule has 1 aromatic heterocycles. The molecule has 0 bridgehead atoms. The van der Waals surface area contributed by atoms with Crippen molar-refractivity contribution < 1.29 is 24.2 Å². The summed E-state index contributed by atoms with van der Waals surface area (Å²) in [5.41, 5.74) is 3.64. The van der Waals surface area contributed by atoms with Crippen LogP contribution in [0, 0.1) is 0 Å². The van der Waals surface area contributed by atoms with Crippen molar-refractivity contribution in [1.82, 2.24) is 14.8 Å². The van der Waals surface area contributed by atoms with Gasteiger partial charge in [-0.05, 0) is 44.5 Å². The Morgan fingerprint density at radius 3 is 2.46 bits per heavy atom. The number of rotatable bonds is 4. The second kappa shape index (κ2) is 10.4. The van der Waals surface area contributed by atoms with Crippen molar-refractivity contribution in [2.45, 2.75) is 32.9 Å². The maximum Gasteiger partial charge on any atom is 0.410 e. The minimum absolute atomic E-state index is 0.0886. The van der Waals surface area contributed by atoms with Gasteiger partial charge in [0, 0.05) is 61.0 Å². The van der Waals surface area contributed by atoms with Gasteiger partial charge in [0.1, 0.15) is 17.1 Å². The molecule has 0 spiro atoms. The van der Waals surface area contributed by atoms with E-state index in [1.54, 1.807) is 17.0 Å². The van der Waals surface area contributed by atoms with Gasteiger partial charge < -0.3 is 24.5 Å². The first-order chi connectivity index (χ1) is 19.7. The molecule has 210 valence electrons. The van der Waals surface area contributed by atoms with Crippen molar-refractivity contribution in [2.24, 2.45) is 0 Å². The van der Waals surface area contributed by atoms with E-state index in [0.717, 1.165) is 22.0 Å². The van der Waals surface area contributed by atoms with Gasteiger partial charge in [0.05, 0.1) is 11.1 Å². The van der Waals surface area contributed by atoms with E-state index in [2.05, 4.69) is 9.88 Å². The predicted octanol–water partition coefficient (Wildman–Crippen LogP) is 6.21. The van der Waals surface area contributed by atoms with Crippen LogP contribution in [-0.2, 0) is 11.3 Å². The number of Topliss-reactive ketones (excluding diaryl/α,β-unsaturated/α-hetero) is 1. The highest BCUT2D eigenvalue weighted by molar-refractivity contribution is 6.16. The number of aromatic nitrogens is 1. The van der Waals surface area contributed by atoms with E-state index in [-0.39, 0.29) is 23.4 Å². The Morgan fingerprint density at radius 1 is 1.02 bits per heavy atom. The lowest BCUT2D eigenvalue weighted by Crippen LogP contribution is -2.49. The lowest BCUT2D eigenvalue weighted by atomic mass is 9.95. The maximum atomic E-state index is 13.7. The summed E-state index contributed by atoms with van der Waals surface area (Å²) in [6.45, 7) is 8.12. The smallest absolute Gasteiger partial charge is 0.410 e. The number of para-hydroxylation sites is 1. The number of ether oxygens (including phenoxy) is 2. The molecule has 41 heavy (non-hydrogen) atoms. The molecule has 0 unspecified atom stereocenters. The maximum absolute atomic E-state index is 13.7. The van der Waals surface area contributed by atoms with Crippen molar-refractivity contribution in [2.75, 3.05) is 26.2 Å². The Labute approximate surface area is 238 Å². The number of ketones is 1. The topological polar surface area (TPSA) is 95.1 Å². The summed E-state index contributed by atoms with van der Waals surface area (Å²) >= 11 is 0. The minimum Gasteiger partial charge on any atom is -0.507 e. The van der Waals surface area contributed by atoms with E-state index in [1.165, 1.54) is 0 Å². The van der Waals surface area contributed by atoms with Crippen LogP contribution in [0.5, 0.6) is 11.5 Å². The van der Waals surface area contributed by atoms with E-state index >= 15 is 0 Å². The first-order valence-corrected chi connectivity index (χ1v) is 13.8. The Balaban J connectivity index is 1.32. The third-order valence-electron chi connectivity index (χ3n) is 7.43. The highest BCUT2D eigenvalue weighted by Gasteiger charge is 2.35. The first-order valence-electron chi connectivity index (χ1n) is 13.8. The number of H-pyrrole nitrogens is 1. The number of carbonyl (C=O) groups excluding carboxylic acids is 2. The number of benzene rings is 3. The van der Waals surface area contributed by atoms with Crippen LogP contribution >= 0.6 is 0 Å². The number of aromatic amines is 1. The molecule has 3 heterocycles. The fourth-order valence-corrected chi connectivity index (χ4v) is 5.36. The number of phenolic OH excluding ortho intramolecular Hbond substituents is 1. The molecule has 0 atom stereocenters. The molecule has 8 nitrogen and oxygen atoms in total. The quantitative estimate of drug-likeness (QED) is 0.293. The molecular weight excluding hydrogens is 518 g/mol. The first kappa shape index (κ1) is 26.7. The molecule has 6 rings (SSSR count). The molecule has 1 saturated heterocycles. The predicted molar refractivity (Wildman–Crippen MR) is 158 cm³/mol. The summed E-state index contributed by atoms with van der Waals surface area (Å²) in [6, 6.07) is 19.1. The number of phenols is 1. The van der Waals surface area contributed by atoms with E-state index in [9.17, 15) is 14.7 Å². The van der Waals surface area contributed by atoms with Gasteiger partial charge in [-0.3, -0.25) is 9.69 Å². The molecule has 0 saturated carbocycles. The number of amides is 1. The van der Waals surface area contributed by atoms with Gasteiger partial charge >= 0.3 is 6.09 Å². The van der Waals surface area contributed by atoms with E-state index in [1.807, 2.05) is 81.6 Å². The normalized spacial score (nSPS) is 16.7. The van der Waals surface area contributed by atoms with Gasteiger partial charge in [0.15, 0.2) is 5.76 Å². The number of aromatic hydroxyl groups is 1. The molecule has 3 aromatic carbocycles. The molecule has 2 aliphatic heterocycles. The van der Waals surface area contributed by atoms with Crippen molar-refractivity contribution in [3.63, 3.8) is 0 Å². The summed E-state index contributed by atoms with van der Waals surface area (Å²) in [5.74, 6) is 0.460. The summed E-state index contributed by atoms with van der Waals surface area (Å²) in [5, 5.41) is 12.5. The summed E-state index contributed by atoms with van der Waals surface area (Å²) in [7, 11) is 0. The highest BCUT2D eigenvalue weighted by atomic mass is 16.6. The number of nitrogens with zero attached hydrogens (tertiary/aromatic N) is 2. The number of fused-ring (bicyclic) bond motifs is 2. The van der Waals surface area contributed by atoms with Crippen LogP contribution in [0.2, 0.25) is 0 Å². The van der Waals surface area contributed by atoms with Gasteiger partial charge in [-0.1, -0.05) is 48.5 Å². The lowest BCUT2D eigenvalue weighted by molar-refractivity contribution is 0.0138. The molecule has 1 amide bonds. The van der Waals surface area contributed by atoms with Gasteiger partial charge in [-0.25, -0.2) is 4.79 Å². The fourth-order valence-electron chi connectivity index (χ4n) is 5.36. The zero-order valence-corrected chi connectivity index (χ0v) is 23.4. The van der Waals surface area contributed by atoms with E-state index in [4.69, 9.17) is 9.47 Å². The van der Waals surface area contributed by atoms with Gasteiger partial charge in [-0.2, -0.15) is 0 Å². The Bertz CT molecular complexity index is 1660.